The molecule has 5 heteroatoms. The molecule has 0 bridgehead atoms. The summed E-state index contributed by atoms with van der Waals surface area (Å²) in [6.07, 6.45) is 3.42. The standard InChI is InChI=1S/C12H20ClN3O/c1-5-6-10-11(13)14-8-15-12(10)16(3)9(2)7-17-4/h8-9H,5-7H2,1-4H3. The molecule has 1 aromatic rings. The summed E-state index contributed by atoms with van der Waals surface area (Å²) in [5.41, 5.74) is 1.02. The van der Waals surface area contributed by atoms with Crippen molar-refractivity contribution in [3.63, 3.8) is 0 Å². The van der Waals surface area contributed by atoms with Crippen molar-refractivity contribution in [2.24, 2.45) is 0 Å². The maximum atomic E-state index is 6.12. The van der Waals surface area contributed by atoms with Crippen LogP contribution in [-0.4, -0.2) is 36.8 Å². The van der Waals surface area contributed by atoms with E-state index < -0.39 is 0 Å². The van der Waals surface area contributed by atoms with Gasteiger partial charge in [-0.1, -0.05) is 24.9 Å². The van der Waals surface area contributed by atoms with Gasteiger partial charge in [-0.2, -0.15) is 0 Å². The van der Waals surface area contributed by atoms with Gasteiger partial charge in [0.05, 0.1) is 12.6 Å². The van der Waals surface area contributed by atoms with E-state index >= 15 is 0 Å². The van der Waals surface area contributed by atoms with Crippen LogP contribution in [0.5, 0.6) is 0 Å². The number of hydrogen-bond acceptors (Lipinski definition) is 4. The number of halogens is 1. The number of aromatic nitrogens is 2. The molecule has 0 aromatic carbocycles. The smallest absolute Gasteiger partial charge is 0.137 e. The molecule has 0 N–H and O–H groups in total. The highest BCUT2D eigenvalue weighted by Crippen LogP contribution is 2.25. The predicted octanol–water partition coefficient (Wildman–Crippen LogP) is 2.55. The van der Waals surface area contributed by atoms with Crippen LogP contribution in [0.1, 0.15) is 25.8 Å². The lowest BCUT2D eigenvalue weighted by molar-refractivity contribution is 0.183. The van der Waals surface area contributed by atoms with Crippen molar-refractivity contribution in [2.45, 2.75) is 32.7 Å². The number of rotatable bonds is 6. The number of methoxy groups -OCH3 is 1. The van der Waals surface area contributed by atoms with Crippen LogP contribution in [0.25, 0.3) is 0 Å². The molecular formula is C12H20ClN3O. The fourth-order valence-electron chi connectivity index (χ4n) is 1.71. The van der Waals surface area contributed by atoms with E-state index in [0.717, 1.165) is 24.2 Å². The van der Waals surface area contributed by atoms with Gasteiger partial charge < -0.3 is 9.64 Å². The third kappa shape index (κ3) is 3.54. The number of likely N-dealkylation sites (N-methyl/N-ethyl adjacent to an activating group) is 1. The molecule has 0 aliphatic heterocycles. The highest BCUT2D eigenvalue weighted by Gasteiger charge is 2.17. The van der Waals surface area contributed by atoms with E-state index in [2.05, 4.69) is 28.7 Å². The van der Waals surface area contributed by atoms with Crippen molar-refractivity contribution in [1.82, 2.24) is 9.97 Å². The molecule has 0 amide bonds. The summed E-state index contributed by atoms with van der Waals surface area (Å²) in [7, 11) is 3.70. The average Bonchev–Trinajstić information content (AvgIpc) is 2.31. The molecule has 0 aliphatic rings. The summed E-state index contributed by atoms with van der Waals surface area (Å²) in [4.78, 5) is 10.5. The molecule has 0 spiro atoms. The first-order valence-corrected chi connectivity index (χ1v) is 6.20. The summed E-state index contributed by atoms with van der Waals surface area (Å²) in [5.74, 6) is 0.899. The largest absolute Gasteiger partial charge is 0.383 e. The van der Waals surface area contributed by atoms with Crippen LogP contribution in [0.3, 0.4) is 0 Å². The summed E-state index contributed by atoms with van der Waals surface area (Å²) < 4.78 is 5.16. The number of anilines is 1. The van der Waals surface area contributed by atoms with Crippen molar-refractivity contribution in [3.8, 4) is 0 Å². The normalized spacial score (nSPS) is 12.5. The average molecular weight is 258 g/mol. The van der Waals surface area contributed by atoms with Gasteiger partial charge in [0, 0.05) is 19.7 Å². The van der Waals surface area contributed by atoms with Crippen molar-refractivity contribution in [1.29, 1.82) is 0 Å². The second-order valence-corrected chi connectivity index (χ2v) is 4.49. The molecule has 4 nitrogen and oxygen atoms in total. The number of ether oxygens (including phenoxy) is 1. The van der Waals surface area contributed by atoms with Gasteiger partial charge in [-0.3, -0.25) is 0 Å². The first-order valence-electron chi connectivity index (χ1n) is 5.82. The lowest BCUT2D eigenvalue weighted by Gasteiger charge is -2.27. The number of hydrogen-bond donors (Lipinski definition) is 0. The van der Waals surface area contributed by atoms with Gasteiger partial charge in [0.2, 0.25) is 0 Å². The van der Waals surface area contributed by atoms with Crippen molar-refractivity contribution < 1.29 is 4.74 Å². The summed E-state index contributed by atoms with van der Waals surface area (Å²) in [6, 6.07) is 0.251. The zero-order valence-electron chi connectivity index (χ0n) is 10.9. The van der Waals surface area contributed by atoms with Crippen LogP contribution in [0.15, 0.2) is 6.33 Å². The van der Waals surface area contributed by atoms with E-state index in [1.165, 1.54) is 6.33 Å². The molecule has 1 aromatic heterocycles. The van der Waals surface area contributed by atoms with Crippen LogP contribution >= 0.6 is 11.6 Å². The monoisotopic (exact) mass is 257 g/mol. The third-order valence-electron chi connectivity index (χ3n) is 2.77. The van der Waals surface area contributed by atoms with Gasteiger partial charge in [0.1, 0.15) is 17.3 Å². The zero-order valence-corrected chi connectivity index (χ0v) is 11.7. The van der Waals surface area contributed by atoms with Crippen molar-refractivity contribution >= 4 is 17.4 Å². The fraction of sp³-hybridized carbons (Fsp3) is 0.667. The SMILES string of the molecule is CCCc1c(Cl)ncnc1N(C)C(C)COC. The van der Waals surface area contributed by atoms with Crippen LogP contribution in [0, 0.1) is 0 Å². The summed E-state index contributed by atoms with van der Waals surface area (Å²) >= 11 is 6.12. The quantitative estimate of drug-likeness (QED) is 0.734. The van der Waals surface area contributed by atoms with E-state index in [1.807, 2.05) is 7.05 Å². The van der Waals surface area contributed by atoms with Crippen LogP contribution in [0.2, 0.25) is 5.15 Å². The van der Waals surface area contributed by atoms with Crippen LogP contribution in [-0.2, 0) is 11.2 Å². The van der Waals surface area contributed by atoms with E-state index in [9.17, 15) is 0 Å². The summed E-state index contributed by atoms with van der Waals surface area (Å²) in [5, 5.41) is 0.549. The van der Waals surface area contributed by atoms with Crippen molar-refractivity contribution in [2.75, 3.05) is 25.7 Å². The Bertz CT molecular complexity index is 360. The summed E-state index contributed by atoms with van der Waals surface area (Å²) in [6.45, 7) is 4.87. The molecule has 0 radical (unpaired) electrons. The highest BCUT2D eigenvalue weighted by atomic mass is 35.5. The second-order valence-electron chi connectivity index (χ2n) is 4.13. The lowest BCUT2D eigenvalue weighted by atomic mass is 10.1. The highest BCUT2D eigenvalue weighted by molar-refractivity contribution is 6.30. The third-order valence-corrected chi connectivity index (χ3v) is 3.10. The van der Waals surface area contributed by atoms with Gasteiger partial charge in [-0.25, -0.2) is 9.97 Å². The van der Waals surface area contributed by atoms with Crippen LogP contribution in [0.4, 0.5) is 5.82 Å². The van der Waals surface area contributed by atoms with Gasteiger partial charge >= 0.3 is 0 Å². The van der Waals surface area contributed by atoms with Crippen molar-refractivity contribution in [3.05, 3.63) is 17.0 Å². The Labute approximate surface area is 108 Å². The van der Waals surface area contributed by atoms with Gasteiger partial charge in [0.25, 0.3) is 0 Å². The minimum Gasteiger partial charge on any atom is -0.383 e. The van der Waals surface area contributed by atoms with E-state index in [4.69, 9.17) is 16.3 Å². The molecular weight excluding hydrogens is 238 g/mol. The predicted molar refractivity (Wildman–Crippen MR) is 70.8 cm³/mol. The molecule has 17 heavy (non-hydrogen) atoms. The Morgan fingerprint density at radius 3 is 2.76 bits per heavy atom. The maximum absolute atomic E-state index is 6.12. The molecule has 1 rings (SSSR count). The molecule has 0 saturated heterocycles. The Balaban J connectivity index is 2.99. The molecule has 0 saturated carbocycles. The topological polar surface area (TPSA) is 38.2 Å². The van der Waals surface area contributed by atoms with E-state index in [1.54, 1.807) is 7.11 Å². The molecule has 96 valence electrons. The Hall–Kier alpha value is -0.870. The maximum Gasteiger partial charge on any atom is 0.137 e. The van der Waals surface area contributed by atoms with E-state index in [-0.39, 0.29) is 6.04 Å². The number of nitrogens with zero attached hydrogens (tertiary/aromatic N) is 3. The van der Waals surface area contributed by atoms with Gasteiger partial charge in [-0.15, -0.1) is 0 Å². The Morgan fingerprint density at radius 2 is 2.18 bits per heavy atom. The minimum atomic E-state index is 0.251. The first-order chi connectivity index (χ1) is 8.11. The second kappa shape index (κ2) is 6.77. The fourth-order valence-corrected chi connectivity index (χ4v) is 1.94. The Kier molecular flexibility index (Phi) is 5.65. The van der Waals surface area contributed by atoms with Gasteiger partial charge in [-0.05, 0) is 13.3 Å². The molecule has 0 fully saturated rings. The first kappa shape index (κ1) is 14.2. The zero-order chi connectivity index (χ0) is 12.8. The van der Waals surface area contributed by atoms with Crippen LogP contribution < -0.4 is 4.90 Å². The van der Waals surface area contributed by atoms with Gasteiger partial charge in [0.15, 0.2) is 0 Å². The lowest BCUT2D eigenvalue weighted by Crippen LogP contribution is -2.34. The molecule has 0 aliphatic carbocycles. The molecule has 1 heterocycles. The Morgan fingerprint density at radius 1 is 1.47 bits per heavy atom. The molecule has 1 atom stereocenters. The minimum absolute atomic E-state index is 0.251. The molecule has 1 unspecified atom stereocenters. The van der Waals surface area contributed by atoms with E-state index in [0.29, 0.717) is 11.8 Å².